The van der Waals surface area contributed by atoms with E-state index in [9.17, 15) is 0 Å². The number of alkyl halides is 12. The highest BCUT2D eigenvalue weighted by molar-refractivity contribution is 6.25. The molecule has 2 aromatic heterocycles. The summed E-state index contributed by atoms with van der Waals surface area (Å²) in [5.41, 5.74) is -0.631. The summed E-state index contributed by atoms with van der Waals surface area (Å²) in [6, 6.07) is 58.5. The number of H-pyrrole nitrogens is 2. The summed E-state index contributed by atoms with van der Waals surface area (Å²) in [6.07, 6.45) is -20.6. The fourth-order valence-electron chi connectivity index (χ4n) is 15.1. The number of hydrogen-bond donors (Lipinski definition) is 2. The molecule has 0 amide bonds. The second-order valence-corrected chi connectivity index (χ2v) is 26.2. The molecular weight excluding hydrogens is 1290 g/mol. The second-order valence-electron chi connectivity index (χ2n) is 26.2. The molecular formula is C84H50F12N4. The molecule has 4 nitrogen and oxygen atoms in total. The van der Waals surface area contributed by atoms with E-state index in [-0.39, 0.29) is 101 Å². The van der Waals surface area contributed by atoms with Crippen LogP contribution in [-0.4, -0.2) is 19.9 Å². The van der Waals surface area contributed by atoms with Crippen molar-refractivity contribution in [2.45, 2.75) is 52.4 Å². The van der Waals surface area contributed by atoms with Crippen LogP contribution < -0.4 is 0 Å². The number of nitrogens with zero attached hydrogens (tertiary/aromatic N) is 2. The van der Waals surface area contributed by atoms with Crippen LogP contribution in [0.2, 0.25) is 0 Å². The summed E-state index contributed by atoms with van der Waals surface area (Å²) < 4.78 is 189. The predicted molar refractivity (Wildman–Crippen MR) is 376 cm³/mol. The van der Waals surface area contributed by atoms with Gasteiger partial charge in [-0.15, -0.1) is 0 Å². The van der Waals surface area contributed by atoms with E-state index in [2.05, 4.69) is 9.97 Å². The van der Waals surface area contributed by atoms with Crippen molar-refractivity contribution < 1.29 is 52.7 Å². The third-order valence-electron chi connectivity index (χ3n) is 19.3. The normalized spacial score (nSPS) is 12.8. The Labute approximate surface area is 561 Å². The maximum Gasteiger partial charge on any atom is 0.416 e. The van der Waals surface area contributed by atoms with Crippen LogP contribution in [0.5, 0.6) is 0 Å². The van der Waals surface area contributed by atoms with Gasteiger partial charge in [-0.05, 0) is 195 Å². The van der Waals surface area contributed by atoms with E-state index in [0.717, 1.165) is 51.6 Å². The van der Waals surface area contributed by atoms with Crippen LogP contribution in [0.4, 0.5) is 52.7 Å². The van der Waals surface area contributed by atoms with E-state index < -0.39 is 52.5 Å². The molecule has 0 radical (unpaired) electrons. The second kappa shape index (κ2) is 22.0. The lowest BCUT2D eigenvalue weighted by molar-refractivity contribution is -0.143. The van der Waals surface area contributed by atoms with E-state index >= 15 is 52.7 Å². The zero-order valence-electron chi connectivity index (χ0n) is 53.2. The standard InChI is InChI=1S/C84H50F12N4/c1-41-21-42(2)23-53(22-41)69-73-61-32-45-13-5-7-15-47(45)34-63(61)75(97-73)70(54-24-43(3)26-57(28-54)81(85,86)87)77-65-36-49-17-9-11-19-51(49)38-67(65)79(99-77)72(56-30-59(83(91,92)93)40-60(31-56)84(94,95)96)80-68-39-52-20-12-10-18-50(52)37-66(68)78(100-80)71(55-25-44(4)27-58(29-55)82(88,89)90)76-64-35-48-16-8-6-14-46(48)33-62(64)74(69)98-76/h5-40,97,100H,1-4H3. The van der Waals surface area contributed by atoms with E-state index in [0.29, 0.717) is 83.3 Å². The summed E-state index contributed by atoms with van der Waals surface area (Å²) in [7, 11) is 0. The van der Waals surface area contributed by atoms with Gasteiger partial charge >= 0.3 is 24.7 Å². The highest BCUT2D eigenvalue weighted by atomic mass is 19.4. The third-order valence-corrected chi connectivity index (χ3v) is 19.3. The molecule has 0 spiro atoms. The minimum Gasteiger partial charge on any atom is -0.353 e. The van der Waals surface area contributed by atoms with Gasteiger partial charge in [-0.2, -0.15) is 52.7 Å². The van der Waals surface area contributed by atoms with Crippen molar-refractivity contribution in [1.82, 2.24) is 19.9 Å². The molecule has 2 aliphatic heterocycles. The number of aryl methyl sites for hydroxylation is 4. The van der Waals surface area contributed by atoms with Crippen LogP contribution in [0.25, 0.3) is 176 Å². The number of hydrogen-bond acceptors (Lipinski definition) is 2. The van der Waals surface area contributed by atoms with Crippen LogP contribution in [0.3, 0.4) is 0 Å². The molecule has 3 aliphatic rings. The van der Waals surface area contributed by atoms with Gasteiger partial charge in [-0.3, -0.25) is 0 Å². The molecule has 0 unspecified atom stereocenters. The molecule has 0 fully saturated rings. The van der Waals surface area contributed by atoms with Gasteiger partial charge in [0.05, 0.1) is 67.1 Å². The highest BCUT2D eigenvalue weighted by Gasteiger charge is 2.40. The topological polar surface area (TPSA) is 57.4 Å². The van der Waals surface area contributed by atoms with E-state index in [1.165, 1.54) is 13.8 Å². The summed E-state index contributed by atoms with van der Waals surface area (Å²) in [5.74, 6) is 0. The van der Waals surface area contributed by atoms with Crippen LogP contribution in [0, 0.1) is 27.7 Å². The lowest BCUT2D eigenvalue weighted by Crippen LogP contribution is -2.11. The van der Waals surface area contributed by atoms with Gasteiger partial charge in [0.25, 0.3) is 0 Å². The van der Waals surface area contributed by atoms with Crippen molar-refractivity contribution in [3.05, 3.63) is 263 Å². The molecule has 14 aromatic rings. The molecule has 100 heavy (non-hydrogen) atoms. The Balaban J connectivity index is 1.26. The Morgan fingerprint density at radius 2 is 0.450 bits per heavy atom. The van der Waals surface area contributed by atoms with E-state index in [1.54, 1.807) is 78.9 Å². The fourth-order valence-corrected chi connectivity index (χ4v) is 15.1. The van der Waals surface area contributed by atoms with Gasteiger partial charge in [-0.1, -0.05) is 139 Å². The lowest BCUT2D eigenvalue weighted by atomic mass is 9.90. The quantitative estimate of drug-likeness (QED) is 0.173. The Morgan fingerprint density at radius 1 is 0.240 bits per heavy atom. The SMILES string of the molecule is Cc1cc(C)cc(-c2c3nc(c(-c4cc(C)cc(C(F)(F)F)c4)c4[nH]c(c(-c5cc(C(F)(F)F)cc(C(F)(F)F)c5)c5nc(c(-c6cc(C)cc(C(F)(F)F)c6)c6[nH]c2c2cc7ccccc7cc62)-c2cc6ccccc6cc2-5)c2cc5ccccc5cc42)-c2cc4ccccc4cc2-3)c1. The first-order valence-corrected chi connectivity index (χ1v) is 32.0. The Morgan fingerprint density at radius 3 is 0.700 bits per heavy atom. The maximum absolute atomic E-state index is 15.8. The van der Waals surface area contributed by atoms with Crippen molar-refractivity contribution in [2.24, 2.45) is 0 Å². The maximum atomic E-state index is 15.8. The smallest absolute Gasteiger partial charge is 0.353 e. The first kappa shape index (κ1) is 62.0. The summed E-state index contributed by atoms with van der Waals surface area (Å²) in [4.78, 5) is 18.8. The van der Waals surface area contributed by atoms with Crippen molar-refractivity contribution >= 4 is 86.7 Å². The van der Waals surface area contributed by atoms with Crippen LogP contribution in [0.15, 0.2) is 218 Å². The van der Waals surface area contributed by atoms with Gasteiger partial charge in [-0.25, -0.2) is 9.97 Å². The zero-order valence-corrected chi connectivity index (χ0v) is 53.2. The third kappa shape index (κ3) is 10.2. The van der Waals surface area contributed by atoms with Crippen LogP contribution in [-0.2, 0) is 24.7 Å². The predicted octanol–water partition coefficient (Wildman–Crippen LogP) is 25.9. The van der Waals surface area contributed by atoms with Gasteiger partial charge in [0.2, 0.25) is 0 Å². The molecule has 12 aromatic carbocycles. The minimum atomic E-state index is -5.39. The van der Waals surface area contributed by atoms with Crippen molar-refractivity contribution in [3.8, 4) is 89.5 Å². The Bertz CT molecular complexity index is 6170. The lowest BCUT2D eigenvalue weighted by Gasteiger charge is -2.16. The van der Waals surface area contributed by atoms with Crippen molar-refractivity contribution in [3.63, 3.8) is 0 Å². The van der Waals surface area contributed by atoms with Gasteiger partial charge < -0.3 is 9.97 Å². The van der Waals surface area contributed by atoms with Crippen molar-refractivity contribution in [2.75, 3.05) is 0 Å². The molecule has 490 valence electrons. The first-order valence-electron chi connectivity index (χ1n) is 32.0. The molecule has 4 heterocycles. The first-order chi connectivity index (χ1) is 47.7. The molecule has 0 saturated carbocycles. The summed E-state index contributed by atoms with van der Waals surface area (Å²) >= 11 is 0. The van der Waals surface area contributed by atoms with E-state index in [4.69, 9.17) is 9.97 Å². The number of nitrogens with one attached hydrogen (secondary N) is 2. The van der Waals surface area contributed by atoms with Crippen LogP contribution in [0.1, 0.15) is 44.5 Å². The number of rotatable bonds is 4. The Kier molecular flexibility index (Phi) is 13.6. The average molecular weight is 1340 g/mol. The molecule has 2 N–H and O–H groups in total. The molecule has 1 aliphatic carbocycles. The summed E-state index contributed by atoms with van der Waals surface area (Å²) in [5, 5.41) is 6.77. The number of aromatic nitrogens is 4. The number of benzene rings is 12. The van der Waals surface area contributed by atoms with E-state index in [1.807, 2.05) is 111 Å². The monoisotopic (exact) mass is 1340 g/mol. The molecule has 0 saturated heterocycles. The fraction of sp³-hybridized carbons (Fsp3) is 0.0952. The molecule has 8 bridgehead atoms. The molecule has 0 atom stereocenters. The number of fused-ring (bicyclic) bond motifs is 4. The van der Waals surface area contributed by atoms with Gasteiger partial charge in [0, 0.05) is 66.1 Å². The van der Waals surface area contributed by atoms with Gasteiger partial charge in [0.15, 0.2) is 0 Å². The minimum absolute atomic E-state index is 0.00299. The molecule has 16 heteroatoms. The highest BCUT2D eigenvalue weighted by Crippen LogP contribution is 2.55. The number of halogens is 12. The zero-order chi connectivity index (χ0) is 69.4. The van der Waals surface area contributed by atoms with Gasteiger partial charge in [0.1, 0.15) is 0 Å². The molecule has 17 rings (SSSR count). The van der Waals surface area contributed by atoms with Crippen molar-refractivity contribution in [1.29, 1.82) is 0 Å². The Hall–Kier alpha value is -11.5. The number of aromatic amines is 2. The summed E-state index contributed by atoms with van der Waals surface area (Å²) in [6.45, 7) is 6.93. The van der Waals surface area contributed by atoms with Crippen LogP contribution >= 0.6 is 0 Å². The average Bonchev–Trinajstić information content (AvgIpc) is 1.55. The largest absolute Gasteiger partial charge is 0.416 e.